The molecule has 136 valence electrons. The Hall–Kier alpha value is -3.27. The Morgan fingerprint density at radius 3 is 2.48 bits per heavy atom. The molecule has 1 heterocycles. The van der Waals surface area contributed by atoms with Crippen LogP contribution in [-0.4, -0.2) is 31.1 Å². The maximum atomic E-state index is 13.0. The third-order valence-electron chi connectivity index (χ3n) is 4.65. The van der Waals surface area contributed by atoms with Crippen LogP contribution < -0.4 is 4.90 Å². The van der Waals surface area contributed by atoms with Crippen molar-refractivity contribution in [2.75, 3.05) is 19.0 Å². The van der Waals surface area contributed by atoms with Crippen molar-refractivity contribution in [1.29, 1.82) is 0 Å². The number of pyridine rings is 1. The summed E-state index contributed by atoms with van der Waals surface area (Å²) in [6, 6.07) is 17.9. The molecule has 0 fully saturated rings. The van der Waals surface area contributed by atoms with Gasteiger partial charge < -0.3 is 4.90 Å². The number of aromatic nitrogens is 1. The number of rotatable bonds is 6. The van der Waals surface area contributed by atoms with E-state index in [4.69, 9.17) is 0 Å². The minimum Gasteiger partial charge on any atom is -0.376 e. The Morgan fingerprint density at radius 1 is 1.07 bits per heavy atom. The van der Waals surface area contributed by atoms with E-state index in [9.17, 15) is 9.59 Å². The number of carbonyl (C=O) groups is 2. The molecule has 3 aromatic rings. The van der Waals surface area contributed by atoms with Gasteiger partial charge in [-0.15, -0.1) is 0 Å². The van der Waals surface area contributed by atoms with Gasteiger partial charge in [0.2, 0.25) is 0 Å². The van der Waals surface area contributed by atoms with Crippen molar-refractivity contribution >= 4 is 17.8 Å². The van der Waals surface area contributed by atoms with E-state index in [1.54, 1.807) is 11.0 Å². The van der Waals surface area contributed by atoms with Gasteiger partial charge >= 0.3 is 0 Å². The molecule has 4 heteroatoms. The van der Waals surface area contributed by atoms with Crippen LogP contribution in [-0.2, 0) is 6.42 Å². The monoisotopic (exact) mass is 358 g/mol. The SMILES string of the molecule is Cc1c(CC(=O)c2ncc(C=O)cc2N(C)C)cccc1-c1ccccc1. The van der Waals surface area contributed by atoms with Crippen LogP contribution in [0.1, 0.15) is 32.0 Å². The average molecular weight is 358 g/mol. The van der Waals surface area contributed by atoms with Crippen molar-refractivity contribution in [3.8, 4) is 11.1 Å². The normalized spacial score (nSPS) is 10.5. The zero-order chi connectivity index (χ0) is 19.4. The van der Waals surface area contributed by atoms with Gasteiger partial charge in [0.1, 0.15) is 5.69 Å². The Balaban J connectivity index is 1.95. The molecule has 0 radical (unpaired) electrons. The standard InChI is InChI=1S/C23H22N2O2/c1-16-19(10-7-11-20(16)18-8-5-4-6-9-18)13-22(27)23-21(25(2)3)12-17(15-26)14-24-23/h4-12,14-15H,13H2,1-3H3. The van der Waals surface area contributed by atoms with Crippen molar-refractivity contribution in [3.63, 3.8) is 0 Å². The van der Waals surface area contributed by atoms with Crippen molar-refractivity contribution < 1.29 is 9.59 Å². The number of ketones is 1. The summed E-state index contributed by atoms with van der Waals surface area (Å²) in [4.78, 5) is 30.0. The Morgan fingerprint density at radius 2 is 1.81 bits per heavy atom. The summed E-state index contributed by atoms with van der Waals surface area (Å²) in [7, 11) is 3.67. The summed E-state index contributed by atoms with van der Waals surface area (Å²) >= 11 is 0. The smallest absolute Gasteiger partial charge is 0.187 e. The lowest BCUT2D eigenvalue weighted by Crippen LogP contribution is -2.17. The van der Waals surface area contributed by atoms with E-state index in [-0.39, 0.29) is 12.2 Å². The second-order valence-electron chi connectivity index (χ2n) is 6.70. The van der Waals surface area contributed by atoms with Crippen LogP contribution in [0.3, 0.4) is 0 Å². The maximum absolute atomic E-state index is 13.0. The van der Waals surface area contributed by atoms with Gasteiger partial charge in [-0.2, -0.15) is 0 Å². The number of nitrogens with zero attached hydrogens (tertiary/aromatic N) is 2. The third-order valence-corrected chi connectivity index (χ3v) is 4.65. The Bertz CT molecular complexity index is 979. The van der Waals surface area contributed by atoms with Crippen LogP contribution in [0.2, 0.25) is 0 Å². The van der Waals surface area contributed by atoms with Crippen molar-refractivity contribution in [2.45, 2.75) is 13.3 Å². The van der Waals surface area contributed by atoms with Gasteiger partial charge in [0.05, 0.1) is 5.69 Å². The quantitative estimate of drug-likeness (QED) is 0.485. The highest BCUT2D eigenvalue weighted by Gasteiger charge is 2.18. The van der Waals surface area contributed by atoms with E-state index in [0.29, 0.717) is 16.9 Å². The molecule has 3 rings (SSSR count). The molecule has 0 N–H and O–H groups in total. The summed E-state index contributed by atoms with van der Waals surface area (Å²) in [5, 5.41) is 0. The van der Waals surface area contributed by atoms with Gasteiger partial charge in [-0.1, -0.05) is 48.5 Å². The predicted octanol–water partition coefficient (Wildman–Crippen LogP) is 4.36. The largest absolute Gasteiger partial charge is 0.376 e. The first-order valence-electron chi connectivity index (χ1n) is 8.81. The molecule has 0 saturated heterocycles. The van der Waals surface area contributed by atoms with Crippen molar-refractivity contribution in [3.05, 3.63) is 83.2 Å². The molecule has 0 aliphatic rings. The second kappa shape index (κ2) is 7.96. The van der Waals surface area contributed by atoms with E-state index in [2.05, 4.69) is 23.2 Å². The molecule has 0 bridgehead atoms. The Kier molecular flexibility index (Phi) is 5.46. The molecular weight excluding hydrogens is 336 g/mol. The predicted molar refractivity (Wildman–Crippen MR) is 109 cm³/mol. The lowest BCUT2D eigenvalue weighted by molar-refractivity contribution is 0.0987. The van der Waals surface area contributed by atoms with E-state index < -0.39 is 0 Å². The van der Waals surface area contributed by atoms with E-state index in [1.807, 2.05) is 51.4 Å². The van der Waals surface area contributed by atoms with Gasteiger partial charge in [0, 0.05) is 32.3 Å². The molecule has 0 atom stereocenters. The van der Waals surface area contributed by atoms with Gasteiger partial charge in [-0.05, 0) is 35.2 Å². The highest BCUT2D eigenvalue weighted by Crippen LogP contribution is 2.27. The minimum atomic E-state index is -0.0653. The molecule has 2 aromatic carbocycles. The zero-order valence-electron chi connectivity index (χ0n) is 15.8. The van der Waals surface area contributed by atoms with Crippen LogP contribution in [0, 0.1) is 6.92 Å². The highest BCUT2D eigenvalue weighted by molar-refractivity contribution is 6.01. The van der Waals surface area contributed by atoms with Crippen molar-refractivity contribution in [1.82, 2.24) is 4.98 Å². The number of Topliss-reactive ketones (excluding diaryl/α,β-unsaturated/α-hetero) is 1. The average Bonchev–Trinajstić information content (AvgIpc) is 2.69. The molecular formula is C23H22N2O2. The number of hydrogen-bond acceptors (Lipinski definition) is 4. The van der Waals surface area contributed by atoms with Gasteiger partial charge in [0.25, 0.3) is 0 Å². The first-order chi connectivity index (χ1) is 13.0. The van der Waals surface area contributed by atoms with Gasteiger partial charge in [-0.25, -0.2) is 0 Å². The fraction of sp³-hybridized carbons (Fsp3) is 0.174. The van der Waals surface area contributed by atoms with Gasteiger partial charge in [0.15, 0.2) is 12.1 Å². The summed E-state index contributed by atoms with van der Waals surface area (Å²) in [6.45, 7) is 2.04. The highest BCUT2D eigenvalue weighted by atomic mass is 16.1. The van der Waals surface area contributed by atoms with Crippen LogP contribution in [0.5, 0.6) is 0 Å². The van der Waals surface area contributed by atoms with E-state index in [0.717, 1.165) is 28.5 Å². The minimum absolute atomic E-state index is 0.0653. The van der Waals surface area contributed by atoms with Crippen LogP contribution in [0.4, 0.5) is 5.69 Å². The third kappa shape index (κ3) is 3.95. The molecule has 4 nitrogen and oxygen atoms in total. The van der Waals surface area contributed by atoms with E-state index in [1.165, 1.54) is 6.20 Å². The maximum Gasteiger partial charge on any atom is 0.187 e. The Labute approximate surface area is 159 Å². The first-order valence-corrected chi connectivity index (χ1v) is 8.81. The topological polar surface area (TPSA) is 50.3 Å². The molecule has 0 aliphatic heterocycles. The molecule has 0 spiro atoms. The van der Waals surface area contributed by atoms with Crippen LogP contribution >= 0.6 is 0 Å². The van der Waals surface area contributed by atoms with Crippen molar-refractivity contribution in [2.24, 2.45) is 0 Å². The fourth-order valence-corrected chi connectivity index (χ4v) is 3.15. The lowest BCUT2D eigenvalue weighted by atomic mass is 9.93. The first kappa shape index (κ1) is 18.5. The molecule has 27 heavy (non-hydrogen) atoms. The lowest BCUT2D eigenvalue weighted by Gasteiger charge is -2.17. The molecule has 0 saturated carbocycles. The summed E-state index contributed by atoms with van der Waals surface area (Å²) in [6.07, 6.45) is 2.45. The summed E-state index contributed by atoms with van der Waals surface area (Å²) in [5.74, 6) is -0.0653. The molecule has 1 aromatic heterocycles. The second-order valence-corrected chi connectivity index (χ2v) is 6.70. The van der Waals surface area contributed by atoms with Gasteiger partial charge in [-0.3, -0.25) is 14.6 Å². The summed E-state index contributed by atoms with van der Waals surface area (Å²) < 4.78 is 0. The van der Waals surface area contributed by atoms with Crippen LogP contribution in [0.25, 0.3) is 11.1 Å². The number of anilines is 1. The number of hydrogen-bond donors (Lipinski definition) is 0. The summed E-state index contributed by atoms with van der Waals surface area (Å²) in [5.41, 5.74) is 5.82. The van der Waals surface area contributed by atoms with Crippen LogP contribution in [0.15, 0.2) is 60.8 Å². The zero-order valence-corrected chi connectivity index (χ0v) is 15.8. The number of carbonyl (C=O) groups excluding carboxylic acids is 2. The number of benzene rings is 2. The van der Waals surface area contributed by atoms with E-state index >= 15 is 0 Å². The fourth-order valence-electron chi connectivity index (χ4n) is 3.15. The number of aldehydes is 1. The molecule has 0 aliphatic carbocycles. The molecule has 0 amide bonds. The molecule has 0 unspecified atom stereocenters.